The van der Waals surface area contributed by atoms with Crippen LogP contribution in [0, 0.1) is 5.92 Å². The van der Waals surface area contributed by atoms with E-state index in [1.165, 1.54) is 13.8 Å². The Hall–Kier alpha value is -2.17. The molecule has 5 nitrogen and oxygen atoms in total. The molecule has 1 heterocycles. The molecule has 1 saturated heterocycles. The normalized spacial score (nSPS) is 19.6. The number of hydrogen-bond acceptors (Lipinski definition) is 4. The van der Waals surface area contributed by atoms with Crippen LogP contribution >= 0.6 is 0 Å². The van der Waals surface area contributed by atoms with Crippen LogP contribution in [0.2, 0.25) is 0 Å². The van der Waals surface area contributed by atoms with E-state index in [1.807, 2.05) is 30.3 Å². The van der Waals surface area contributed by atoms with Gasteiger partial charge in [-0.1, -0.05) is 30.3 Å². The molecular formula is C15H17NO4. The van der Waals surface area contributed by atoms with Crippen LogP contribution in [0.1, 0.15) is 19.4 Å². The minimum atomic E-state index is -0.820. The fraction of sp³-hybridized carbons (Fsp3) is 0.400. The first-order valence-electron chi connectivity index (χ1n) is 6.55. The third-order valence-electron chi connectivity index (χ3n) is 3.49. The number of amides is 2. The van der Waals surface area contributed by atoms with Crippen molar-refractivity contribution in [2.24, 2.45) is 5.92 Å². The number of carbonyl (C=O) groups is 3. The van der Waals surface area contributed by atoms with Crippen LogP contribution in [0.25, 0.3) is 0 Å². The van der Waals surface area contributed by atoms with Crippen LogP contribution in [0.15, 0.2) is 30.3 Å². The first-order valence-corrected chi connectivity index (χ1v) is 6.55. The van der Waals surface area contributed by atoms with Gasteiger partial charge < -0.3 is 4.74 Å². The average molecular weight is 275 g/mol. The molecule has 20 heavy (non-hydrogen) atoms. The Balaban J connectivity index is 2.15. The van der Waals surface area contributed by atoms with Crippen molar-refractivity contribution in [3.05, 3.63) is 35.9 Å². The molecule has 1 fully saturated rings. The van der Waals surface area contributed by atoms with Crippen molar-refractivity contribution in [1.29, 1.82) is 0 Å². The maximum absolute atomic E-state index is 12.2. The molecule has 106 valence electrons. The van der Waals surface area contributed by atoms with Gasteiger partial charge in [-0.2, -0.15) is 0 Å². The van der Waals surface area contributed by atoms with E-state index in [0.29, 0.717) is 6.42 Å². The molecule has 1 aromatic rings. The smallest absolute Gasteiger partial charge is 0.417 e. The first-order chi connectivity index (χ1) is 9.50. The maximum Gasteiger partial charge on any atom is 0.417 e. The summed E-state index contributed by atoms with van der Waals surface area (Å²) in [7, 11) is 0. The van der Waals surface area contributed by atoms with Gasteiger partial charge in [0.2, 0.25) is 5.91 Å². The number of cyclic esters (lactones) is 1. The molecule has 0 bridgehead atoms. The average Bonchev–Trinajstić information content (AvgIpc) is 2.79. The molecule has 0 spiro atoms. The van der Waals surface area contributed by atoms with Gasteiger partial charge in [0.05, 0.1) is 12.0 Å². The quantitative estimate of drug-likeness (QED) is 0.786. The van der Waals surface area contributed by atoms with Gasteiger partial charge in [-0.15, -0.1) is 0 Å². The van der Waals surface area contributed by atoms with Crippen molar-refractivity contribution in [2.75, 3.05) is 6.61 Å². The molecule has 0 N–H and O–H groups in total. The molecular weight excluding hydrogens is 258 g/mol. The molecule has 0 radical (unpaired) electrons. The van der Waals surface area contributed by atoms with Crippen molar-refractivity contribution in [2.45, 2.75) is 26.3 Å². The molecule has 2 rings (SSSR count). The Kier molecular flexibility index (Phi) is 4.17. The van der Waals surface area contributed by atoms with Gasteiger partial charge in [-0.3, -0.25) is 9.59 Å². The summed E-state index contributed by atoms with van der Waals surface area (Å²) in [5.74, 6) is -1.56. The van der Waals surface area contributed by atoms with Crippen molar-refractivity contribution < 1.29 is 19.1 Å². The molecule has 5 heteroatoms. The Morgan fingerprint density at radius 1 is 1.35 bits per heavy atom. The molecule has 2 atom stereocenters. The van der Waals surface area contributed by atoms with E-state index in [2.05, 4.69) is 0 Å². The second-order valence-corrected chi connectivity index (χ2v) is 4.96. The van der Waals surface area contributed by atoms with Crippen LogP contribution in [0.3, 0.4) is 0 Å². The lowest BCUT2D eigenvalue weighted by Crippen LogP contribution is -2.44. The van der Waals surface area contributed by atoms with Crippen LogP contribution < -0.4 is 0 Å². The second kappa shape index (κ2) is 5.86. The molecule has 2 amide bonds. The molecule has 1 aliphatic heterocycles. The largest absolute Gasteiger partial charge is 0.447 e. The minimum absolute atomic E-state index is 0.171. The monoisotopic (exact) mass is 275 g/mol. The predicted molar refractivity (Wildman–Crippen MR) is 72.0 cm³/mol. The highest BCUT2D eigenvalue weighted by molar-refractivity contribution is 6.05. The number of Topliss-reactive ketones (excluding diaryl/α,β-unsaturated/α-hetero) is 1. The van der Waals surface area contributed by atoms with E-state index in [0.717, 1.165) is 10.5 Å². The third-order valence-corrected chi connectivity index (χ3v) is 3.49. The first kappa shape index (κ1) is 14.2. The molecule has 1 aromatic carbocycles. The molecule has 0 unspecified atom stereocenters. The molecule has 1 aliphatic rings. The van der Waals surface area contributed by atoms with Gasteiger partial charge in [0.25, 0.3) is 0 Å². The van der Waals surface area contributed by atoms with Crippen molar-refractivity contribution in [1.82, 2.24) is 4.90 Å². The summed E-state index contributed by atoms with van der Waals surface area (Å²) in [5, 5.41) is 0. The van der Waals surface area contributed by atoms with Crippen molar-refractivity contribution in [3.8, 4) is 0 Å². The highest BCUT2D eigenvalue weighted by atomic mass is 16.6. The summed E-state index contributed by atoms with van der Waals surface area (Å²) in [6.07, 6.45) is -0.132. The fourth-order valence-corrected chi connectivity index (χ4v) is 2.15. The number of imide groups is 1. The predicted octanol–water partition coefficient (Wildman–Crippen LogP) is 1.80. The summed E-state index contributed by atoms with van der Waals surface area (Å²) < 4.78 is 4.96. The van der Waals surface area contributed by atoms with Gasteiger partial charge in [-0.25, -0.2) is 9.69 Å². The lowest BCUT2D eigenvalue weighted by Gasteiger charge is -2.21. The number of carbonyl (C=O) groups excluding carboxylic acids is 3. The zero-order valence-electron chi connectivity index (χ0n) is 11.5. The van der Waals surface area contributed by atoms with E-state index in [9.17, 15) is 14.4 Å². The van der Waals surface area contributed by atoms with Crippen LogP contribution in [-0.2, 0) is 20.7 Å². The Labute approximate surface area is 117 Å². The lowest BCUT2D eigenvalue weighted by atomic mass is 10.0. The van der Waals surface area contributed by atoms with Crippen molar-refractivity contribution in [3.63, 3.8) is 0 Å². The molecule has 0 aromatic heterocycles. The Morgan fingerprint density at radius 2 is 2.00 bits per heavy atom. The fourth-order valence-electron chi connectivity index (χ4n) is 2.15. The number of benzene rings is 1. The summed E-state index contributed by atoms with van der Waals surface area (Å²) >= 11 is 0. The summed E-state index contributed by atoms with van der Waals surface area (Å²) in [4.78, 5) is 36.3. The van der Waals surface area contributed by atoms with Gasteiger partial charge in [-0.05, 0) is 25.8 Å². The summed E-state index contributed by atoms with van der Waals surface area (Å²) in [5.41, 5.74) is 1.02. The Morgan fingerprint density at radius 3 is 2.60 bits per heavy atom. The maximum atomic E-state index is 12.2. The summed E-state index contributed by atoms with van der Waals surface area (Å²) in [6.45, 7) is 3.02. The highest BCUT2D eigenvalue weighted by Gasteiger charge is 2.40. The van der Waals surface area contributed by atoms with E-state index in [-0.39, 0.29) is 18.4 Å². The van der Waals surface area contributed by atoms with Gasteiger partial charge in [0.15, 0.2) is 0 Å². The number of rotatable bonds is 4. The number of nitrogens with zero attached hydrogens (tertiary/aromatic N) is 1. The molecule has 0 saturated carbocycles. The SMILES string of the molecule is CC(=O)[C@@H](C)C(=O)N1C(=O)OC[C@H]1Cc1ccccc1. The molecule has 0 aliphatic carbocycles. The van der Waals surface area contributed by atoms with Crippen LogP contribution in [-0.4, -0.2) is 35.3 Å². The van der Waals surface area contributed by atoms with Crippen LogP contribution in [0.5, 0.6) is 0 Å². The van der Waals surface area contributed by atoms with Gasteiger partial charge >= 0.3 is 6.09 Å². The van der Waals surface area contributed by atoms with E-state index in [4.69, 9.17) is 4.74 Å². The lowest BCUT2D eigenvalue weighted by molar-refractivity contribution is -0.138. The number of ether oxygens (including phenoxy) is 1. The minimum Gasteiger partial charge on any atom is -0.447 e. The topological polar surface area (TPSA) is 63.7 Å². The van der Waals surface area contributed by atoms with Crippen LogP contribution in [0.4, 0.5) is 4.79 Å². The standard InChI is InChI=1S/C15H17NO4/c1-10(11(2)17)14(18)16-13(9-20-15(16)19)8-12-6-4-3-5-7-12/h3-7,10,13H,8-9H2,1-2H3/t10-,13-/m1/s1. The Bertz CT molecular complexity index is 526. The van der Waals surface area contributed by atoms with E-state index >= 15 is 0 Å². The number of hydrogen-bond donors (Lipinski definition) is 0. The zero-order valence-corrected chi connectivity index (χ0v) is 11.5. The second-order valence-electron chi connectivity index (χ2n) is 4.96. The van der Waals surface area contributed by atoms with Gasteiger partial charge in [0.1, 0.15) is 12.4 Å². The summed E-state index contributed by atoms with van der Waals surface area (Å²) in [6, 6.07) is 9.22. The van der Waals surface area contributed by atoms with Gasteiger partial charge in [0, 0.05) is 0 Å². The third kappa shape index (κ3) is 2.87. The van der Waals surface area contributed by atoms with E-state index in [1.54, 1.807) is 0 Å². The number of ketones is 1. The highest BCUT2D eigenvalue weighted by Crippen LogP contribution is 2.20. The zero-order chi connectivity index (χ0) is 14.7. The van der Waals surface area contributed by atoms with E-state index < -0.39 is 17.9 Å². The van der Waals surface area contributed by atoms with Crippen molar-refractivity contribution >= 4 is 17.8 Å².